The lowest BCUT2D eigenvalue weighted by Gasteiger charge is -2.25. The summed E-state index contributed by atoms with van der Waals surface area (Å²) in [7, 11) is 0. The first-order valence-electron chi connectivity index (χ1n) is 6.31. The van der Waals surface area contributed by atoms with E-state index in [1.54, 1.807) is 18.2 Å². The molecular weight excluding hydrogens is 294 g/mol. The number of anilines is 2. The van der Waals surface area contributed by atoms with Gasteiger partial charge in [-0.1, -0.05) is 18.2 Å². The second-order valence-electron chi connectivity index (χ2n) is 4.65. The van der Waals surface area contributed by atoms with Crippen LogP contribution in [0.2, 0.25) is 0 Å². The van der Waals surface area contributed by atoms with Crippen LogP contribution in [0.3, 0.4) is 0 Å². The molecule has 1 amide bonds. The zero-order valence-electron chi connectivity index (χ0n) is 10.9. The van der Waals surface area contributed by atoms with E-state index in [1.165, 1.54) is 22.7 Å². The van der Waals surface area contributed by atoms with Gasteiger partial charge in [0.25, 0.3) is 0 Å². The van der Waals surface area contributed by atoms with Crippen molar-refractivity contribution in [2.45, 2.75) is 5.37 Å². The van der Waals surface area contributed by atoms with E-state index in [0.29, 0.717) is 5.69 Å². The smallest absolute Gasteiger partial charge is 0.238 e. The van der Waals surface area contributed by atoms with E-state index in [9.17, 15) is 13.6 Å². The molecule has 0 aromatic heterocycles. The Morgan fingerprint density at radius 1 is 1.19 bits per heavy atom. The van der Waals surface area contributed by atoms with Gasteiger partial charge in [-0.25, -0.2) is 8.78 Å². The van der Waals surface area contributed by atoms with Gasteiger partial charge in [0.2, 0.25) is 5.91 Å². The average Bonchev–Trinajstić information content (AvgIpc) is 2.81. The van der Waals surface area contributed by atoms with E-state index in [4.69, 9.17) is 5.73 Å². The standard InChI is InChI=1S/C15H12F2N2OS/c16-9-5-6-13(11(17)7-9)19-14(20)8-21-15(19)10-3-1-2-4-12(10)18/h1-7,15H,8,18H2. The van der Waals surface area contributed by atoms with Gasteiger partial charge in [0, 0.05) is 17.3 Å². The Bertz CT molecular complexity index is 708. The molecule has 3 rings (SSSR count). The summed E-state index contributed by atoms with van der Waals surface area (Å²) in [6.07, 6.45) is 0. The van der Waals surface area contributed by atoms with Crippen LogP contribution < -0.4 is 10.6 Å². The van der Waals surface area contributed by atoms with Gasteiger partial charge in [-0.2, -0.15) is 0 Å². The van der Waals surface area contributed by atoms with E-state index >= 15 is 0 Å². The highest BCUT2D eigenvalue weighted by Crippen LogP contribution is 2.44. The summed E-state index contributed by atoms with van der Waals surface area (Å²) < 4.78 is 27.0. The zero-order valence-corrected chi connectivity index (χ0v) is 11.7. The van der Waals surface area contributed by atoms with Crippen LogP contribution in [0.4, 0.5) is 20.2 Å². The van der Waals surface area contributed by atoms with Crippen molar-refractivity contribution in [3.8, 4) is 0 Å². The Balaban J connectivity index is 2.06. The summed E-state index contributed by atoms with van der Waals surface area (Å²) in [5.74, 6) is -1.43. The molecule has 0 radical (unpaired) electrons. The van der Waals surface area contributed by atoms with Crippen LogP contribution in [0.5, 0.6) is 0 Å². The zero-order chi connectivity index (χ0) is 15.0. The third-order valence-electron chi connectivity index (χ3n) is 3.30. The molecule has 2 N–H and O–H groups in total. The topological polar surface area (TPSA) is 46.3 Å². The van der Waals surface area contributed by atoms with E-state index < -0.39 is 17.0 Å². The number of para-hydroxylation sites is 1. The minimum atomic E-state index is -0.759. The molecule has 1 aliphatic rings. The summed E-state index contributed by atoms with van der Waals surface area (Å²) in [5, 5.41) is -0.404. The van der Waals surface area contributed by atoms with Crippen molar-refractivity contribution in [3.63, 3.8) is 0 Å². The number of nitrogens with two attached hydrogens (primary N) is 1. The third-order valence-corrected chi connectivity index (χ3v) is 4.49. The van der Waals surface area contributed by atoms with Gasteiger partial charge in [0.15, 0.2) is 0 Å². The number of carbonyl (C=O) groups is 1. The predicted octanol–water partition coefficient (Wildman–Crippen LogP) is 3.33. The van der Waals surface area contributed by atoms with Crippen molar-refractivity contribution in [2.24, 2.45) is 0 Å². The molecular formula is C15H12F2N2OS. The van der Waals surface area contributed by atoms with Gasteiger partial charge in [0.1, 0.15) is 17.0 Å². The maximum Gasteiger partial charge on any atom is 0.238 e. The number of carbonyl (C=O) groups excluding carboxylic acids is 1. The molecule has 2 aromatic rings. The molecule has 21 heavy (non-hydrogen) atoms. The molecule has 2 aromatic carbocycles. The summed E-state index contributed by atoms with van der Waals surface area (Å²) >= 11 is 1.37. The molecule has 0 aliphatic carbocycles. The molecule has 0 saturated carbocycles. The lowest BCUT2D eigenvalue weighted by Crippen LogP contribution is -2.29. The van der Waals surface area contributed by atoms with Gasteiger partial charge in [-0.15, -0.1) is 11.8 Å². The largest absolute Gasteiger partial charge is 0.398 e. The molecule has 1 aliphatic heterocycles. The Morgan fingerprint density at radius 3 is 2.67 bits per heavy atom. The van der Waals surface area contributed by atoms with Crippen molar-refractivity contribution in [1.82, 2.24) is 0 Å². The quantitative estimate of drug-likeness (QED) is 0.866. The first kappa shape index (κ1) is 13.9. The monoisotopic (exact) mass is 306 g/mol. The first-order chi connectivity index (χ1) is 10.1. The number of thioether (sulfide) groups is 1. The highest BCUT2D eigenvalue weighted by molar-refractivity contribution is 8.00. The number of benzene rings is 2. The molecule has 1 unspecified atom stereocenters. The number of hydrogen-bond acceptors (Lipinski definition) is 3. The highest BCUT2D eigenvalue weighted by atomic mass is 32.2. The second kappa shape index (κ2) is 5.37. The Hall–Kier alpha value is -2.08. The first-order valence-corrected chi connectivity index (χ1v) is 7.36. The summed E-state index contributed by atoms with van der Waals surface area (Å²) in [6.45, 7) is 0. The Kier molecular flexibility index (Phi) is 3.55. The lowest BCUT2D eigenvalue weighted by atomic mass is 10.1. The lowest BCUT2D eigenvalue weighted by molar-refractivity contribution is -0.115. The number of rotatable bonds is 2. The fourth-order valence-electron chi connectivity index (χ4n) is 2.33. The fraction of sp³-hybridized carbons (Fsp3) is 0.133. The van der Waals surface area contributed by atoms with Crippen molar-refractivity contribution in [1.29, 1.82) is 0 Å². The maximum absolute atomic E-state index is 14.0. The van der Waals surface area contributed by atoms with Gasteiger partial charge in [-0.3, -0.25) is 9.69 Å². The number of nitrogens with zero attached hydrogens (tertiary/aromatic N) is 1. The molecule has 108 valence electrons. The normalized spacial score (nSPS) is 18.3. The van der Waals surface area contributed by atoms with Crippen molar-refractivity contribution < 1.29 is 13.6 Å². The molecule has 3 nitrogen and oxygen atoms in total. The Morgan fingerprint density at radius 2 is 1.95 bits per heavy atom. The van der Waals surface area contributed by atoms with Crippen LogP contribution in [-0.4, -0.2) is 11.7 Å². The van der Waals surface area contributed by atoms with Crippen molar-refractivity contribution in [3.05, 3.63) is 59.7 Å². The predicted molar refractivity (Wildman–Crippen MR) is 79.9 cm³/mol. The molecule has 6 heteroatoms. The van der Waals surface area contributed by atoms with Crippen molar-refractivity contribution >= 4 is 29.0 Å². The van der Waals surface area contributed by atoms with Crippen molar-refractivity contribution in [2.75, 3.05) is 16.4 Å². The minimum Gasteiger partial charge on any atom is -0.398 e. The minimum absolute atomic E-state index is 0.0691. The van der Waals surface area contributed by atoms with Crippen LogP contribution in [0, 0.1) is 11.6 Å². The third kappa shape index (κ3) is 2.47. The van der Waals surface area contributed by atoms with Crippen LogP contribution >= 0.6 is 11.8 Å². The van der Waals surface area contributed by atoms with Crippen LogP contribution in [0.15, 0.2) is 42.5 Å². The highest BCUT2D eigenvalue weighted by Gasteiger charge is 2.36. The van der Waals surface area contributed by atoms with Crippen LogP contribution in [0.25, 0.3) is 0 Å². The fourth-order valence-corrected chi connectivity index (χ4v) is 3.54. The number of halogens is 2. The van der Waals surface area contributed by atoms with E-state index in [1.807, 2.05) is 6.07 Å². The van der Waals surface area contributed by atoms with Crippen LogP contribution in [0.1, 0.15) is 10.9 Å². The molecule has 1 fully saturated rings. The number of amides is 1. The second-order valence-corrected chi connectivity index (χ2v) is 5.72. The summed E-state index contributed by atoms with van der Waals surface area (Å²) in [4.78, 5) is 13.4. The molecule has 1 saturated heterocycles. The van der Waals surface area contributed by atoms with E-state index in [2.05, 4.69) is 0 Å². The van der Waals surface area contributed by atoms with E-state index in [-0.39, 0.29) is 17.3 Å². The maximum atomic E-state index is 14.0. The molecule has 0 spiro atoms. The van der Waals surface area contributed by atoms with Gasteiger partial charge in [0.05, 0.1) is 11.4 Å². The van der Waals surface area contributed by atoms with Gasteiger partial charge in [-0.05, 0) is 18.2 Å². The Labute approximate surface area is 124 Å². The van der Waals surface area contributed by atoms with Gasteiger partial charge < -0.3 is 5.73 Å². The van der Waals surface area contributed by atoms with Gasteiger partial charge >= 0.3 is 0 Å². The van der Waals surface area contributed by atoms with E-state index in [0.717, 1.165) is 17.7 Å². The molecule has 1 heterocycles. The molecule has 1 atom stereocenters. The summed E-state index contributed by atoms with van der Waals surface area (Å²) in [6, 6.07) is 10.3. The SMILES string of the molecule is Nc1ccccc1C1SCC(=O)N1c1ccc(F)cc1F. The summed E-state index contributed by atoms with van der Waals surface area (Å²) in [5.41, 5.74) is 7.30. The molecule has 0 bridgehead atoms. The van der Waals surface area contributed by atoms with Crippen LogP contribution in [-0.2, 0) is 4.79 Å². The average molecular weight is 306 g/mol. The number of nitrogen functional groups attached to an aromatic ring is 1. The number of hydrogen-bond donors (Lipinski definition) is 1.